The second-order valence-electron chi connectivity index (χ2n) is 8.15. The van der Waals surface area contributed by atoms with Gasteiger partial charge in [0.25, 0.3) is 12.1 Å². The molecule has 0 radical (unpaired) electrons. The molecule has 0 atom stereocenters. The molecule has 3 N–H and O–H groups in total. The minimum atomic E-state index is -4.74. The van der Waals surface area contributed by atoms with E-state index < -0.39 is 23.7 Å². The lowest BCUT2D eigenvalue weighted by Gasteiger charge is -2.14. The van der Waals surface area contributed by atoms with Crippen LogP contribution < -0.4 is 25.4 Å². The predicted octanol–water partition coefficient (Wildman–Crippen LogP) is 3.65. The number of carbonyl (C=O) groups is 2. The molecule has 3 amide bonds. The second-order valence-corrected chi connectivity index (χ2v) is 8.15. The van der Waals surface area contributed by atoms with Crippen molar-refractivity contribution in [3.63, 3.8) is 0 Å². The quantitative estimate of drug-likeness (QED) is 0.327. The van der Waals surface area contributed by atoms with Crippen LogP contribution >= 0.6 is 0 Å². The first kappa shape index (κ1) is 24.7. The number of amides is 3. The van der Waals surface area contributed by atoms with Gasteiger partial charge in [0.2, 0.25) is 11.8 Å². The molecule has 14 heteroatoms. The fraction of sp³-hybridized carbons (Fsp3) is 0.167. The van der Waals surface area contributed by atoms with E-state index in [9.17, 15) is 22.8 Å². The Labute approximate surface area is 212 Å². The molecular weight excluding hydrogens is 507 g/mol. The average Bonchev–Trinajstić information content (AvgIpc) is 3.52. The van der Waals surface area contributed by atoms with Gasteiger partial charge in [-0.2, -0.15) is 13.2 Å². The molecule has 5 rings (SSSR count). The Kier molecular flexibility index (Phi) is 6.60. The number of fused-ring (bicyclic) bond motifs is 1. The van der Waals surface area contributed by atoms with Crippen LogP contribution in [0.25, 0.3) is 0 Å². The number of anilines is 3. The summed E-state index contributed by atoms with van der Waals surface area (Å²) in [6.45, 7) is 0.715. The van der Waals surface area contributed by atoms with Crippen LogP contribution in [0, 0.1) is 0 Å². The topological polar surface area (TPSA) is 135 Å². The van der Waals surface area contributed by atoms with E-state index in [0.29, 0.717) is 30.2 Å². The number of carbonyl (C=O) groups excluding carboxylic acids is 2. The number of alkyl halides is 3. The largest absolute Gasteiger partial charge is 0.491 e. The van der Waals surface area contributed by atoms with Crippen LogP contribution in [0.3, 0.4) is 0 Å². The van der Waals surface area contributed by atoms with Crippen LogP contribution in [0.4, 0.5) is 35.2 Å². The zero-order valence-corrected chi connectivity index (χ0v) is 19.5. The van der Waals surface area contributed by atoms with Gasteiger partial charge in [-0.15, -0.1) is 0 Å². The minimum absolute atomic E-state index is 0.0169. The molecule has 3 aromatic heterocycles. The molecule has 0 aliphatic carbocycles. The summed E-state index contributed by atoms with van der Waals surface area (Å²) in [6, 6.07) is 10.1. The molecule has 11 nitrogen and oxygen atoms in total. The molecule has 1 aliphatic heterocycles. The Balaban J connectivity index is 1.28. The summed E-state index contributed by atoms with van der Waals surface area (Å²) in [5, 5.41) is 10.8. The van der Waals surface area contributed by atoms with E-state index in [1.807, 2.05) is 0 Å². The van der Waals surface area contributed by atoms with Gasteiger partial charge in [0, 0.05) is 24.0 Å². The Morgan fingerprint density at radius 3 is 2.61 bits per heavy atom. The van der Waals surface area contributed by atoms with Gasteiger partial charge in [-0.05, 0) is 47.1 Å². The lowest BCUT2D eigenvalue weighted by Crippen LogP contribution is -2.35. The molecule has 1 aliphatic rings. The van der Waals surface area contributed by atoms with Gasteiger partial charge in [-0.3, -0.25) is 19.6 Å². The van der Waals surface area contributed by atoms with Crippen molar-refractivity contribution in [2.24, 2.45) is 0 Å². The normalized spacial score (nSPS) is 12.4. The van der Waals surface area contributed by atoms with E-state index in [-0.39, 0.29) is 29.5 Å². The van der Waals surface area contributed by atoms with Crippen molar-refractivity contribution in [1.29, 1.82) is 0 Å². The van der Waals surface area contributed by atoms with Gasteiger partial charge in [-0.25, -0.2) is 9.78 Å². The first-order chi connectivity index (χ1) is 18.2. The van der Waals surface area contributed by atoms with Crippen molar-refractivity contribution in [3.05, 3.63) is 83.6 Å². The van der Waals surface area contributed by atoms with E-state index in [4.69, 9.17) is 9.26 Å². The molecule has 1 aromatic carbocycles. The van der Waals surface area contributed by atoms with Crippen molar-refractivity contribution in [3.8, 4) is 5.75 Å². The van der Waals surface area contributed by atoms with E-state index >= 15 is 0 Å². The molecule has 0 spiro atoms. The molecule has 0 fully saturated rings. The fourth-order valence-electron chi connectivity index (χ4n) is 3.65. The van der Waals surface area contributed by atoms with Crippen LogP contribution in [0.1, 0.15) is 27.4 Å². The molecule has 0 unspecified atom stereocenters. The maximum atomic E-state index is 13.5. The van der Waals surface area contributed by atoms with Gasteiger partial charge in [0.1, 0.15) is 17.1 Å². The summed E-state index contributed by atoms with van der Waals surface area (Å²) in [5.41, 5.74) is -0.175. The summed E-state index contributed by atoms with van der Waals surface area (Å²) < 4.78 is 52.4. The Hall–Kier alpha value is -5.01. The molecular formula is C24H19F3N7O4+. The molecule has 0 bridgehead atoms. The van der Waals surface area contributed by atoms with Crippen molar-refractivity contribution in [1.82, 2.24) is 15.2 Å². The minimum Gasteiger partial charge on any atom is -0.491 e. The van der Waals surface area contributed by atoms with Crippen molar-refractivity contribution >= 4 is 29.2 Å². The number of nitrogens with zero attached hydrogens (tertiary/aromatic N) is 4. The summed E-state index contributed by atoms with van der Waals surface area (Å²) in [7, 11) is 0. The maximum Gasteiger partial charge on any atom is 0.416 e. The Bertz CT molecular complexity index is 1490. The highest BCUT2D eigenvalue weighted by atomic mass is 19.4. The smallest absolute Gasteiger partial charge is 0.416 e. The SMILES string of the molecule is O=C(Nc1cc(NC(=O)c2ccc3c(n2)CCO3)cc(C(F)(F)F)c1)Nc1c[n+](Cc2ccccn2)no1. The lowest BCUT2D eigenvalue weighted by atomic mass is 10.1. The number of urea groups is 1. The van der Waals surface area contributed by atoms with E-state index in [0.717, 1.165) is 12.1 Å². The molecule has 4 heterocycles. The zero-order chi connectivity index (χ0) is 26.7. The van der Waals surface area contributed by atoms with Crippen molar-refractivity contribution in [2.75, 3.05) is 22.6 Å². The van der Waals surface area contributed by atoms with Gasteiger partial charge in [-0.1, -0.05) is 6.07 Å². The van der Waals surface area contributed by atoms with Crippen LogP contribution in [-0.4, -0.2) is 33.8 Å². The van der Waals surface area contributed by atoms with E-state index in [2.05, 4.69) is 31.2 Å². The first-order valence-corrected chi connectivity index (χ1v) is 11.2. The molecule has 194 valence electrons. The third-order valence-corrected chi connectivity index (χ3v) is 5.33. The number of benzene rings is 1. The number of nitrogens with one attached hydrogen (secondary N) is 3. The van der Waals surface area contributed by atoms with E-state index in [1.54, 1.807) is 30.5 Å². The number of hydrogen-bond donors (Lipinski definition) is 3. The average molecular weight is 526 g/mol. The highest BCUT2D eigenvalue weighted by Gasteiger charge is 2.32. The number of pyridine rings is 2. The lowest BCUT2D eigenvalue weighted by molar-refractivity contribution is -0.755. The van der Waals surface area contributed by atoms with Gasteiger partial charge >= 0.3 is 18.1 Å². The number of halogens is 3. The fourth-order valence-corrected chi connectivity index (χ4v) is 3.65. The second kappa shape index (κ2) is 10.2. The van der Waals surface area contributed by atoms with Crippen molar-refractivity contribution in [2.45, 2.75) is 19.1 Å². The summed E-state index contributed by atoms with van der Waals surface area (Å²) in [4.78, 5) is 33.5. The number of rotatable bonds is 6. The first-order valence-electron chi connectivity index (χ1n) is 11.2. The van der Waals surface area contributed by atoms with Crippen LogP contribution in [0.15, 0.2) is 65.4 Å². The van der Waals surface area contributed by atoms with E-state index in [1.165, 1.54) is 23.0 Å². The highest BCUT2D eigenvalue weighted by molar-refractivity contribution is 6.04. The van der Waals surface area contributed by atoms with Gasteiger partial charge < -0.3 is 15.4 Å². The Morgan fingerprint density at radius 2 is 1.84 bits per heavy atom. The van der Waals surface area contributed by atoms with Crippen LogP contribution in [0.2, 0.25) is 0 Å². The highest BCUT2D eigenvalue weighted by Crippen LogP contribution is 2.34. The standard InChI is InChI=1S/C24H18F3N7O4/c25-24(26,27)14-9-16(29-22(35)19-4-5-20-18(31-19)6-8-37-20)11-17(10-14)30-23(36)32-21-13-34(33-38-21)12-15-3-1-2-7-28-15/h1-5,7,9-11,13H,6,8,12H2,(H2-,29,30,32,33,35,36)/p+1. The van der Waals surface area contributed by atoms with Crippen LogP contribution in [0.5, 0.6) is 5.75 Å². The number of aromatic nitrogens is 4. The zero-order valence-electron chi connectivity index (χ0n) is 19.5. The summed E-state index contributed by atoms with van der Waals surface area (Å²) in [5.74, 6) is -0.203. The molecule has 38 heavy (non-hydrogen) atoms. The molecule has 0 saturated heterocycles. The van der Waals surface area contributed by atoms with Gasteiger partial charge in [0.15, 0.2) is 0 Å². The Morgan fingerprint density at radius 1 is 1.03 bits per heavy atom. The maximum absolute atomic E-state index is 13.5. The monoisotopic (exact) mass is 526 g/mol. The number of ether oxygens (including phenoxy) is 1. The summed E-state index contributed by atoms with van der Waals surface area (Å²) >= 11 is 0. The molecule has 0 saturated carbocycles. The summed E-state index contributed by atoms with van der Waals surface area (Å²) in [6.07, 6.45) is -1.21. The third kappa shape index (κ3) is 5.86. The predicted molar refractivity (Wildman–Crippen MR) is 126 cm³/mol. The van der Waals surface area contributed by atoms with Gasteiger partial charge in [0.05, 0.1) is 17.9 Å². The van der Waals surface area contributed by atoms with Crippen molar-refractivity contribution < 1.29 is 36.7 Å². The van der Waals surface area contributed by atoms with Crippen LogP contribution in [-0.2, 0) is 19.1 Å². The number of hydrogen-bond acceptors (Lipinski definition) is 7. The molecule has 4 aromatic rings. The third-order valence-electron chi connectivity index (χ3n) is 5.33.